The maximum Gasteiger partial charge on any atom is 0.308 e. The summed E-state index contributed by atoms with van der Waals surface area (Å²) >= 11 is 0. The zero-order valence-corrected chi connectivity index (χ0v) is 12.7. The van der Waals surface area contributed by atoms with Crippen molar-refractivity contribution in [3.63, 3.8) is 0 Å². The van der Waals surface area contributed by atoms with Gasteiger partial charge in [-0.15, -0.1) is 0 Å². The second-order valence-electron chi connectivity index (χ2n) is 5.84. The van der Waals surface area contributed by atoms with Crippen LogP contribution in [0.25, 0.3) is 0 Å². The number of rotatable bonds is 4. The number of nitrogens with zero attached hydrogens (tertiary/aromatic N) is 1. The Hall–Kier alpha value is -2.04. The van der Waals surface area contributed by atoms with Crippen LogP contribution >= 0.6 is 0 Å². The van der Waals surface area contributed by atoms with Gasteiger partial charge in [-0.1, -0.05) is 25.1 Å². The molecule has 1 aliphatic heterocycles. The van der Waals surface area contributed by atoms with E-state index in [2.05, 4.69) is 5.32 Å². The number of hydrogen-bond donors (Lipinski definition) is 2. The van der Waals surface area contributed by atoms with Crippen LogP contribution in [0.1, 0.15) is 18.1 Å². The summed E-state index contributed by atoms with van der Waals surface area (Å²) in [6.45, 7) is 6.90. The highest BCUT2D eigenvalue weighted by atomic mass is 16.4. The summed E-state index contributed by atoms with van der Waals surface area (Å²) in [6.07, 6.45) is 0. The first-order valence-corrected chi connectivity index (χ1v) is 7.20. The van der Waals surface area contributed by atoms with Crippen LogP contribution in [0.4, 0.5) is 5.69 Å². The van der Waals surface area contributed by atoms with E-state index in [0.29, 0.717) is 13.1 Å². The van der Waals surface area contributed by atoms with Crippen LogP contribution in [0, 0.1) is 25.7 Å². The van der Waals surface area contributed by atoms with Crippen molar-refractivity contribution in [2.24, 2.45) is 11.8 Å². The first kappa shape index (κ1) is 15.4. The number of aliphatic carboxylic acids is 1. The Bertz CT molecular complexity index is 536. The Labute approximate surface area is 125 Å². The Morgan fingerprint density at radius 2 is 1.90 bits per heavy atom. The third kappa shape index (κ3) is 3.35. The van der Waals surface area contributed by atoms with E-state index < -0.39 is 11.9 Å². The van der Waals surface area contributed by atoms with E-state index in [1.165, 1.54) is 0 Å². The second kappa shape index (κ2) is 6.16. The molecule has 1 heterocycles. The standard InChI is InChI=1S/C16H22N2O3/c1-10-5-4-6-11(2)15(10)17-7-14(19)18-8-12(3)13(9-18)16(20)21/h4-6,12-13,17H,7-9H2,1-3H3,(H,20,21)/t12-,13-/m1/s1. The largest absolute Gasteiger partial charge is 0.481 e. The van der Waals surface area contributed by atoms with Gasteiger partial charge in [0.15, 0.2) is 0 Å². The molecule has 1 fully saturated rings. The van der Waals surface area contributed by atoms with Gasteiger partial charge in [-0.3, -0.25) is 9.59 Å². The Morgan fingerprint density at radius 3 is 2.43 bits per heavy atom. The number of carboxylic acid groups (broad SMARTS) is 1. The van der Waals surface area contributed by atoms with E-state index in [0.717, 1.165) is 16.8 Å². The first-order valence-electron chi connectivity index (χ1n) is 7.20. The number of likely N-dealkylation sites (tertiary alicyclic amines) is 1. The van der Waals surface area contributed by atoms with Gasteiger partial charge >= 0.3 is 5.97 Å². The van der Waals surface area contributed by atoms with Crippen LogP contribution in [0.5, 0.6) is 0 Å². The van der Waals surface area contributed by atoms with Crippen molar-refractivity contribution in [2.75, 3.05) is 25.0 Å². The minimum atomic E-state index is -0.819. The van der Waals surface area contributed by atoms with Gasteiger partial charge in [0.05, 0.1) is 12.5 Å². The average Bonchev–Trinajstić information content (AvgIpc) is 2.80. The molecule has 1 aliphatic rings. The number of aryl methyl sites for hydroxylation is 2. The van der Waals surface area contributed by atoms with Gasteiger partial charge in [-0.2, -0.15) is 0 Å². The molecule has 1 saturated heterocycles. The van der Waals surface area contributed by atoms with Crippen LogP contribution in [0.3, 0.4) is 0 Å². The zero-order valence-electron chi connectivity index (χ0n) is 12.7. The minimum absolute atomic E-state index is 0.00616. The molecule has 1 aromatic rings. The number of benzene rings is 1. The maximum atomic E-state index is 12.2. The van der Waals surface area contributed by atoms with E-state index in [9.17, 15) is 9.59 Å². The first-order chi connectivity index (χ1) is 9.90. The summed E-state index contributed by atoms with van der Waals surface area (Å²) < 4.78 is 0. The van der Waals surface area contributed by atoms with Gasteiger partial charge in [0.25, 0.3) is 0 Å². The van der Waals surface area contributed by atoms with Crippen LogP contribution in [0.2, 0.25) is 0 Å². The van der Waals surface area contributed by atoms with Gasteiger partial charge in [-0.25, -0.2) is 0 Å². The smallest absolute Gasteiger partial charge is 0.308 e. The summed E-state index contributed by atoms with van der Waals surface area (Å²) in [6, 6.07) is 5.98. The average molecular weight is 290 g/mol. The summed E-state index contributed by atoms with van der Waals surface area (Å²) in [5.74, 6) is -1.31. The molecule has 0 aromatic heterocycles. The maximum absolute atomic E-state index is 12.2. The highest BCUT2D eigenvalue weighted by molar-refractivity contribution is 5.83. The number of anilines is 1. The molecule has 0 aliphatic carbocycles. The lowest BCUT2D eigenvalue weighted by atomic mass is 9.99. The fraction of sp³-hybridized carbons (Fsp3) is 0.500. The normalized spacial score (nSPS) is 21.4. The molecule has 2 atom stereocenters. The molecule has 0 saturated carbocycles. The van der Waals surface area contributed by atoms with Crippen molar-refractivity contribution in [3.8, 4) is 0 Å². The fourth-order valence-electron chi connectivity index (χ4n) is 2.86. The molecule has 0 bridgehead atoms. The topological polar surface area (TPSA) is 69.6 Å². The van der Waals surface area contributed by atoms with Crippen LogP contribution in [-0.2, 0) is 9.59 Å². The number of para-hydroxylation sites is 1. The van der Waals surface area contributed by atoms with Gasteiger partial charge < -0.3 is 15.3 Å². The van der Waals surface area contributed by atoms with Gasteiger partial charge in [-0.05, 0) is 30.9 Å². The molecule has 0 unspecified atom stereocenters. The van der Waals surface area contributed by atoms with Crippen molar-refractivity contribution in [1.29, 1.82) is 0 Å². The Morgan fingerprint density at radius 1 is 1.29 bits per heavy atom. The highest BCUT2D eigenvalue weighted by Gasteiger charge is 2.36. The van der Waals surface area contributed by atoms with E-state index in [4.69, 9.17) is 5.11 Å². The predicted octanol–water partition coefficient (Wildman–Crippen LogP) is 1.89. The van der Waals surface area contributed by atoms with E-state index in [1.54, 1.807) is 4.90 Å². The summed E-state index contributed by atoms with van der Waals surface area (Å²) in [4.78, 5) is 25.0. The number of carboxylic acids is 1. The molecule has 21 heavy (non-hydrogen) atoms. The van der Waals surface area contributed by atoms with Crippen LogP contribution in [0.15, 0.2) is 18.2 Å². The molecule has 0 radical (unpaired) electrons. The van der Waals surface area contributed by atoms with Crippen molar-refractivity contribution < 1.29 is 14.7 Å². The molecule has 1 amide bonds. The number of amides is 1. The van der Waals surface area contributed by atoms with Gasteiger partial charge in [0.1, 0.15) is 0 Å². The zero-order chi connectivity index (χ0) is 15.6. The molecule has 1 aromatic carbocycles. The van der Waals surface area contributed by atoms with Crippen LogP contribution < -0.4 is 5.32 Å². The lowest BCUT2D eigenvalue weighted by molar-refractivity contribution is -0.142. The number of nitrogens with one attached hydrogen (secondary N) is 1. The SMILES string of the molecule is Cc1cccc(C)c1NCC(=O)N1C[C@@H](C)[C@H](C(=O)O)C1. The monoisotopic (exact) mass is 290 g/mol. The summed E-state index contributed by atoms with van der Waals surface area (Å²) in [7, 11) is 0. The Kier molecular flexibility index (Phi) is 4.50. The summed E-state index contributed by atoms with van der Waals surface area (Å²) in [5, 5.41) is 12.3. The second-order valence-corrected chi connectivity index (χ2v) is 5.84. The van der Waals surface area contributed by atoms with Gasteiger partial charge in [0, 0.05) is 18.8 Å². The van der Waals surface area contributed by atoms with Crippen molar-refractivity contribution in [1.82, 2.24) is 4.90 Å². The summed E-state index contributed by atoms with van der Waals surface area (Å²) in [5.41, 5.74) is 3.18. The third-order valence-electron chi connectivity index (χ3n) is 4.18. The molecule has 2 rings (SSSR count). The minimum Gasteiger partial charge on any atom is -0.481 e. The predicted molar refractivity (Wildman–Crippen MR) is 81.3 cm³/mol. The molecular formula is C16H22N2O3. The number of carbonyl (C=O) groups is 2. The lowest BCUT2D eigenvalue weighted by Gasteiger charge is -2.18. The van der Waals surface area contributed by atoms with E-state index in [1.807, 2.05) is 39.0 Å². The van der Waals surface area contributed by atoms with E-state index >= 15 is 0 Å². The molecule has 2 N–H and O–H groups in total. The van der Waals surface area contributed by atoms with Crippen molar-refractivity contribution >= 4 is 17.6 Å². The number of hydrogen-bond acceptors (Lipinski definition) is 3. The van der Waals surface area contributed by atoms with Gasteiger partial charge in [0.2, 0.25) is 5.91 Å². The Balaban J connectivity index is 1.96. The fourth-order valence-corrected chi connectivity index (χ4v) is 2.86. The third-order valence-corrected chi connectivity index (χ3v) is 4.18. The molecule has 5 nitrogen and oxygen atoms in total. The van der Waals surface area contributed by atoms with E-state index in [-0.39, 0.29) is 18.4 Å². The molecular weight excluding hydrogens is 268 g/mol. The van der Waals surface area contributed by atoms with Crippen LogP contribution in [-0.4, -0.2) is 41.5 Å². The lowest BCUT2D eigenvalue weighted by Crippen LogP contribution is -2.34. The molecule has 0 spiro atoms. The van der Waals surface area contributed by atoms with Crippen molar-refractivity contribution in [3.05, 3.63) is 29.3 Å². The molecule has 5 heteroatoms. The van der Waals surface area contributed by atoms with Crippen molar-refractivity contribution in [2.45, 2.75) is 20.8 Å². The molecule has 114 valence electrons. The number of carbonyl (C=O) groups excluding carboxylic acids is 1. The highest BCUT2D eigenvalue weighted by Crippen LogP contribution is 2.24. The quantitative estimate of drug-likeness (QED) is 0.888.